The molecule has 0 saturated heterocycles. The molecule has 0 aliphatic carbocycles. The SMILES string of the molecule is C[C@@H](NC(=O)c1ccc(Cl)cc1Cl)c1nnc(SCC(=O)NCCc2ccccc2)n1C. The van der Waals surface area contributed by atoms with Crippen molar-refractivity contribution < 1.29 is 9.59 Å². The summed E-state index contributed by atoms with van der Waals surface area (Å²) in [5, 5.41) is 15.4. The number of nitrogens with one attached hydrogen (secondary N) is 2. The van der Waals surface area contributed by atoms with Gasteiger partial charge in [-0.25, -0.2) is 0 Å². The first-order valence-corrected chi connectivity index (χ1v) is 11.7. The van der Waals surface area contributed by atoms with Crippen molar-refractivity contribution in [3.05, 3.63) is 75.5 Å². The Morgan fingerprint density at radius 1 is 1.12 bits per heavy atom. The maximum atomic E-state index is 12.5. The van der Waals surface area contributed by atoms with Crippen molar-refractivity contribution in [1.82, 2.24) is 25.4 Å². The van der Waals surface area contributed by atoms with E-state index >= 15 is 0 Å². The van der Waals surface area contributed by atoms with Gasteiger partial charge in [-0.15, -0.1) is 10.2 Å². The fourth-order valence-corrected chi connectivity index (χ4v) is 4.26. The average Bonchev–Trinajstić information content (AvgIpc) is 3.13. The molecule has 0 unspecified atom stereocenters. The number of hydrogen-bond donors (Lipinski definition) is 2. The summed E-state index contributed by atoms with van der Waals surface area (Å²) in [5.74, 6) is 0.376. The molecule has 0 radical (unpaired) electrons. The summed E-state index contributed by atoms with van der Waals surface area (Å²) in [6.45, 7) is 2.38. The number of hydrogen-bond acceptors (Lipinski definition) is 5. The molecule has 0 saturated carbocycles. The molecule has 32 heavy (non-hydrogen) atoms. The van der Waals surface area contributed by atoms with E-state index in [2.05, 4.69) is 20.8 Å². The van der Waals surface area contributed by atoms with Crippen LogP contribution in [0.3, 0.4) is 0 Å². The molecular formula is C22H23Cl2N5O2S. The molecule has 0 bridgehead atoms. The normalized spacial score (nSPS) is 11.8. The quantitative estimate of drug-likeness (QED) is 0.440. The highest BCUT2D eigenvalue weighted by Gasteiger charge is 2.20. The van der Waals surface area contributed by atoms with Crippen molar-refractivity contribution >= 4 is 46.8 Å². The molecule has 1 aromatic heterocycles. The topological polar surface area (TPSA) is 88.9 Å². The minimum Gasteiger partial charge on any atom is -0.355 e. The van der Waals surface area contributed by atoms with E-state index in [1.54, 1.807) is 30.7 Å². The molecule has 2 amide bonds. The fraction of sp³-hybridized carbons (Fsp3) is 0.273. The van der Waals surface area contributed by atoms with E-state index in [4.69, 9.17) is 23.2 Å². The lowest BCUT2D eigenvalue weighted by atomic mass is 10.1. The number of halogens is 2. The van der Waals surface area contributed by atoms with E-state index in [1.165, 1.54) is 23.4 Å². The van der Waals surface area contributed by atoms with Crippen LogP contribution in [0.4, 0.5) is 0 Å². The number of rotatable bonds is 9. The summed E-state index contributed by atoms with van der Waals surface area (Å²) in [5.41, 5.74) is 1.50. The molecular weight excluding hydrogens is 469 g/mol. The van der Waals surface area contributed by atoms with Crippen LogP contribution in [0.1, 0.15) is 34.7 Å². The van der Waals surface area contributed by atoms with Crippen LogP contribution in [0.25, 0.3) is 0 Å². The van der Waals surface area contributed by atoms with Crippen molar-refractivity contribution in [2.45, 2.75) is 24.5 Å². The second kappa shape index (κ2) is 11.4. The van der Waals surface area contributed by atoms with Gasteiger partial charge < -0.3 is 15.2 Å². The van der Waals surface area contributed by atoms with Gasteiger partial charge in [-0.1, -0.05) is 65.3 Å². The number of thioether (sulfide) groups is 1. The van der Waals surface area contributed by atoms with Gasteiger partial charge in [0.2, 0.25) is 5.91 Å². The summed E-state index contributed by atoms with van der Waals surface area (Å²) in [6.07, 6.45) is 0.778. The Labute approximate surface area is 200 Å². The minimum atomic E-state index is -0.416. The molecule has 168 valence electrons. The van der Waals surface area contributed by atoms with Gasteiger partial charge in [0.1, 0.15) is 0 Å². The van der Waals surface area contributed by atoms with Crippen LogP contribution in [0.2, 0.25) is 10.0 Å². The Morgan fingerprint density at radius 3 is 2.59 bits per heavy atom. The maximum Gasteiger partial charge on any atom is 0.253 e. The molecule has 3 rings (SSSR count). The lowest BCUT2D eigenvalue weighted by molar-refractivity contribution is -0.118. The summed E-state index contributed by atoms with van der Waals surface area (Å²) >= 11 is 13.3. The molecule has 3 aromatic rings. The van der Waals surface area contributed by atoms with Crippen LogP contribution < -0.4 is 10.6 Å². The van der Waals surface area contributed by atoms with Crippen molar-refractivity contribution in [2.75, 3.05) is 12.3 Å². The summed E-state index contributed by atoms with van der Waals surface area (Å²) in [7, 11) is 1.79. The Bertz CT molecular complexity index is 1090. The molecule has 1 atom stereocenters. The molecule has 7 nitrogen and oxygen atoms in total. The Morgan fingerprint density at radius 2 is 1.88 bits per heavy atom. The summed E-state index contributed by atoms with van der Waals surface area (Å²) in [6, 6.07) is 14.3. The summed E-state index contributed by atoms with van der Waals surface area (Å²) < 4.78 is 1.76. The second-order valence-electron chi connectivity index (χ2n) is 7.09. The number of amides is 2. The highest BCUT2D eigenvalue weighted by molar-refractivity contribution is 7.99. The van der Waals surface area contributed by atoms with Crippen LogP contribution in [0.15, 0.2) is 53.7 Å². The highest BCUT2D eigenvalue weighted by Crippen LogP contribution is 2.23. The zero-order valence-electron chi connectivity index (χ0n) is 17.6. The monoisotopic (exact) mass is 491 g/mol. The standard InChI is InChI=1S/C22H23Cl2N5O2S/c1-14(26-21(31)17-9-8-16(23)12-18(17)24)20-27-28-22(29(20)2)32-13-19(30)25-11-10-15-6-4-3-5-7-15/h3-9,12,14H,10-11,13H2,1-2H3,(H,25,30)(H,26,31)/t14-/m1/s1. The second-order valence-corrected chi connectivity index (χ2v) is 8.88. The number of nitrogens with zero attached hydrogens (tertiary/aromatic N) is 3. The van der Waals surface area contributed by atoms with Crippen LogP contribution in [-0.4, -0.2) is 38.9 Å². The van der Waals surface area contributed by atoms with Crippen molar-refractivity contribution in [2.24, 2.45) is 7.05 Å². The molecule has 0 aliphatic heterocycles. The van der Waals surface area contributed by atoms with E-state index in [-0.39, 0.29) is 22.6 Å². The average molecular weight is 492 g/mol. The minimum absolute atomic E-state index is 0.0748. The van der Waals surface area contributed by atoms with E-state index < -0.39 is 6.04 Å². The number of benzene rings is 2. The first kappa shape index (κ1) is 24.1. The number of carbonyl (C=O) groups is 2. The third-order valence-electron chi connectivity index (χ3n) is 4.69. The van der Waals surface area contributed by atoms with Gasteiger partial charge in [-0.2, -0.15) is 0 Å². The fourth-order valence-electron chi connectivity index (χ4n) is 3.01. The van der Waals surface area contributed by atoms with Crippen LogP contribution in [0.5, 0.6) is 0 Å². The van der Waals surface area contributed by atoms with Gasteiger partial charge in [0.15, 0.2) is 11.0 Å². The van der Waals surface area contributed by atoms with Crippen LogP contribution in [-0.2, 0) is 18.3 Å². The van der Waals surface area contributed by atoms with Gasteiger partial charge in [0.25, 0.3) is 5.91 Å². The van der Waals surface area contributed by atoms with E-state index in [9.17, 15) is 9.59 Å². The van der Waals surface area contributed by atoms with Gasteiger partial charge >= 0.3 is 0 Å². The zero-order valence-corrected chi connectivity index (χ0v) is 20.0. The van der Waals surface area contributed by atoms with Crippen LogP contribution >= 0.6 is 35.0 Å². The first-order chi connectivity index (χ1) is 15.3. The van der Waals surface area contributed by atoms with Gasteiger partial charge in [-0.05, 0) is 37.1 Å². The lowest BCUT2D eigenvalue weighted by Gasteiger charge is -2.14. The molecule has 0 fully saturated rings. The Kier molecular flexibility index (Phi) is 8.55. The highest BCUT2D eigenvalue weighted by atomic mass is 35.5. The molecule has 2 aromatic carbocycles. The van der Waals surface area contributed by atoms with E-state index in [0.717, 1.165) is 6.42 Å². The maximum absolute atomic E-state index is 12.5. The number of carbonyl (C=O) groups excluding carboxylic acids is 2. The van der Waals surface area contributed by atoms with Gasteiger partial charge in [0, 0.05) is 18.6 Å². The zero-order chi connectivity index (χ0) is 23.1. The number of aromatic nitrogens is 3. The molecule has 0 aliphatic rings. The predicted molar refractivity (Wildman–Crippen MR) is 127 cm³/mol. The van der Waals surface area contributed by atoms with Crippen molar-refractivity contribution in [3.8, 4) is 0 Å². The molecule has 2 N–H and O–H groups in total. The third-order valence-corrected chi connectivity index (χ3v) is 6.26. The van der Waals surface area contributed by atoms with E-state index in [1.807, 2.05) is 30.3 Å². The van der Waals surface area contributed by atoms with Crippen molar-refractivity contribution in [1.29, 1.82) is 0 Å². The molecule has 0 spiro atoms. The Hall–Kier alpha value is -2.55. The van der Waals surface area contributed by atoms with Gasteiger partial charge in [0.05, 0.1) is 22.4 Å². The van der Waals surface area contributed by atoms with Crippen LogP contribution in [0, 0.1) is 0 Å². The molecule has 1 heterocycles. The largest absolute Gasteiger partial charge is 0.355 e. The molecule has 10 heteroatoms. The smallest absolute Gasteiger partial charge is 0.253 e. The first-order valence-electron chi connectivity index (χ1n) is 9.93. The summed E-state index contributed by atoms with van der Waals surface area (Å²) in [4.78, 5) is 24.7. The Balaban J connectivity index is 1.50. The van der Waals surface area contributed by atoms with E-state index in [0.29, 0.717) is 28.1 Å². The van der Waals surface area contributed by atoms with Crippen molar-refractivity contribution in [3.63, 3.8) is 0 Å². The predicted octanol–water partition coefficient (Wildman–Crippen LogP) is 4.06. The lowest BCUT2D eigenvalue weighted by Crippen LogP contribution is -2.29. The third kappa shape index (κ3) is 6.48. The van der Waals surface area contributed by atoms with Gasteiger partial charge in [-0.3, -0.25) is 9.59 Å².